The predicted octanol–water partition coefficient (Wildman–Crippen LogP) is 2.23. The molecule has 2 aromatic rings. The SMILES string of the molecule is CN(CCOc1ccccc1C(N)=S)Cc1ccccn1. The van der Waals surface area contributed by atoms with E-state index in [1.807, 2.05) is 49.5 Å². The van der Waals surface area contributed by atoms with E-state index in [1.165, 1.54) is 0 Å². The van der Waals surface area contributed by atoms with Gasteiger partial charge in [-0.2, -0.15) is 0 Å². The molecule has 0 atom stereocenters. The Morgan fingerprint density at radius 1 is 1.24 bits per heavy atom. The molecule has 1 aromatic carbocycles. The number of aromatic nitrogens is 1. The van der Waals surface area contributed by atoms with Crippen LogP contribution in [-0.2, 0) is 6.54 Å². The second-order valence-electron chi connectivity index (χ2n) is 4.77. The minimum Gasteiger partial charge on any atom is -0.492 e. The number of hydrogen-bond acceptors (Lipinski definition) is 4. The molecule has 0 saturated carbocycles. The van der Waals surface area contributed by atoms with E-state index in [9.17, 15) is 0 Å². The van der Waals surface area contributed by atoms with Crippen LogP contribution in [0.3, 0.4) is 0 Å². The van der Waals surface area contributed by atoms with Gasteiger partial charge in [-0.1, -0.05) is 30.4 Å². The van der Waals surface area contributed by atoms with Crippen molar-refractivity contribution in [1.82, 2.24) is 9.88 Å². The summed E-state index contributed by atoms with van der Waals surface area (Å²) in [5, 5.41) is 0. The largest absolute Gasteiger partial charge is 0.492 e. The molecule has 0 bridgehead atoms. The molecule has 0 radical (unpaired) electrons. The molecule has 0 aliphatic heterocycles. The summed E-state index contributed by atoms with van der Waals surface area (Å²) in [5.74, 6) is 0.733. The van der Waals surface area contributed by atoms with Crippen molar-refractivity contribution < 1.29 is 4.74 Å². The molecule has 1 heterocycles. The lowest BCUT2D eigenvalue weighted by molar-refractivity contribution is 0.231. The van der Waals surface area contributed by atoms with E-state index < -0.39 is 0 Å². The molecule has 0 aliphatic rings. The van der Waals surface area contributed by atoms with Gasteiger partial charge in [0.15, 0.2) is 0 Å². The maximum Gasteiger partial charge on any atom is 0.129 e. The van der Waals surface area contributed by atoms with Crippen LogP contribution >= 0.6 is 12.2 Å². The predicted molar refractivity (Wildman–Crippen MR) is 88.4 cm³/mol. The first-order chi connectivity index (χ1) is 10.2. The maximum absolute atomic E-state index is 5.78. The zero-order valence-electron chi connectivity index (χ0n) is 12.0. The second-order valence-corrected chi connectivity index (χ2v) is 5.21. The maximum atomic E-state index is 5.78. The number of rotatable bonds is 7. The zero-order chi connectivity index (χ0) is 15.1. The molecule has 0 fully saturated rings. The van der Waals surface area contributed by atoms with E-state index in [0.29, 0.717) is 11.6 Å². The van der Waals surface area contributed by atoms with Crippen LogP contribution in [0.15, 0.2) is 48.7 Å². The molecule has 4 nitrogen and oxygen atoms in total. The molecule has 0 aliphatic carbocycles. The fourth-order valence-electron chi connectivity index (χ4n) is 1.95. The summed E-state index contributed by atoms with van der Waals surface area (Å²) in [7, 11) is 2.04. The highest BCUT2D eigenvalue weighted by Gasteiger charge is 2.06. The molecule has 110 valence electrons. The van der Waals surface area contributed by atoms with Gasteiger partial charge in [-0.25, -0.2) is 0 Å². The van der Waals surface area contributed by atoms with Crippen LogP contribution in [0, 0.1) is 0 Å². The van der Waals surface area contributed by atoms with Gasteiger partial charge in [0.25, 0.3) is 0 Å². The van der Waals surface area contributed by atoms with E-state index >= 15 is 0 Å². The van der Waals surface area contributed by atoms with Crippen LogP contribution in [0.25, 0.3) is 0 Å². The van der Waals surface area contributed by atoms with Gasteiger partial charge < -0.3 is 10.5 Å². The summed E-state index contributed by atoms with van der Waals surface area (Å²) in [5.41, 5.74) is 7.50. The molecule has 0 amide bonds. The average Bonchev–Trinajstić information content (AvgIpc) is 2.48. The minimum atomic E-state index is 0.354. The van der Waals surface area contributed by atoms with Gasteiger partial charge >= 0.3 is 0 Å². The Morgan fingerprint density at radius 3 is 2.71 bits per heavy atom. The van der Waals surface area contributed by atoms with Crippen molar-refractivity contribution in [3.05, 3.63) is 59.9 Å². The van der Waals surface area contributed by atoms with E-state index in [-0.39, 0.29) is 0 Å². The highest BCUT2D eigenvalue weighted by atomic mass is 32.1. The van der Waals surface area contributed by atoms with Crippen molar-refractivity contribution in [3.8, 4) is 5.75 Å². The Kier molecular flexibility index (Phi) is 5.66. The Balaban J connectivity index is 1.83. The average molecular weight is 301 g/mol. The van der Waals surface area contributed by atoms with Gasteiger partial charge in [0, 0.05) is 19.3 Å². The smallest absolute Gasteiger partial charge is 0.129 e. The van der Waals surface area contributed by atoms with Crippen molar-refractivity contribution >= 4 is 17.2 Å². The third kappa shape index (κ3) is 4.81. The van der Waals surface area contributed by atoms with Crippen molar-refractivity contribution in [1.29, 1.82) is 0 Å². The lowest BCUT2D eigenvalue weighted by Crippen LogP contribution is -2.24. The first-order valence-corrected chi connectivity index (χ1v) is 7.17. The van der Waals surface area contributed by atoms with Gasteiger partial charge in [-0.05, 0) is 31.3 Å². The van der Waals surface area contributed by atoms with E-state index in [1.54, 1.807) is 6.20 Å². The summed E-state index contributed by atoms with van der Waals surface area (Å²) in [4.78, 5) is 6.82. The number of nitrogens with zero attached hydrogens (tertiary/aromatic N) is 2. The normalized spacial score (nSPS) is 10.6. The summed E-state index contributed by atoms with van der Waals surface area (Å²) < 4.78 is 5.78. The Hall–Kier alpha value is -1.98. The van der Waals surface area contributed by atoms with Crippen molar-refractivity contribution in [2.45, 2.75) is 6.54 Å². The van der Waals surface area contributed by atoms with E-state index in [2.05, 4.69) is 9.88 Å². The number of nitrogens with two attached hydrogens (primary N) is 1. The van der Waals surface area contributed by atoms with Crippen LogP contribution < -0.4 is 10.5 Å². The lowest BCUT2D eigenvalue weighted by Gasteiger charge is -2.17. The molecule has 5 heteroatoms. The number of ether oxygens (including phenoxy) is 1. The number of thiocarbonyl (C=S) groups is 1. The van der Waals surface area contributed by atoms with E-state index in [4.69, 9.17) is 22.7 Å². The van der Waals surface area contributed by atoms with Gasteiger partial charge in [-0.15, -0.1) is 0 Å². The van der Waals surface area contributed by atoms with Gasteiger partial charge in [0.1, 0.15) is 17.3 Å². The summed E-state index contributed by atoms with van der Waals surface area (Å²) in [6, 6.07) is 13.5. The van der Waals surface area contributed by atoms with Crippen LogP contribution in [-0.4, -0.2) is 35.1 Å². The fraction of sp³-hybridized carbons (Fsp3) is 0.250. The number of benzene rings is 1. The quantitative estimate of drug-likeness (QED) is 0.795. The van der Waals surface area contributed by atoms with Gasteiger partial charge in [0.2, 0.25) is 0 Å². The molecule has 2 N–H and O–H groups in total. The fourth-order valence-corrected chi connectivity index (χ4v) is 2.12. The van der Waals surface area contributed by atoms with Gasteiger partial charge in [-0.3, -0.25) is 9.88 Å². The molecule has 0 saturated heterocycles. The lowest BCUT2D eigenvalue weighted by atomic mass is 10.2. The summed E-state index contributed by atoms with van der Waals surface area (Å²) in [6.07, 6.45) is 1.80. The third-order valence-electron chi connectivity index (χ3n) is 3.04. The monoisotopic (exact) mass is 301 g/mol. The highest BCUT2D eigenvalue weighted by Crippen LogP contribution is 2.17. The first-order valence-electron chi connectivity index (χ1n) is 6.77. The van der Waals surface area contributed by atoms with Crippen LogP contribution in [0.4, 0.5) is 0 Å². The molecular formula is C16H19N3OS. The number of likely N-dealkylation sites (N-methyl/N-ethyl adjacent to an activating group) is 1. The summed E-state index contributed by atoms with van der Waals surface area (Å²) in [6.45, 7) is 2.16. The van der Waals surface area contributed by atoms with Crippen LogP contribution in [0.1, 0.15) is 11.3 Å². The van der Waals surface area contributed by atoms with Crippen LogP contribution in [0.2, 0.25) is 0 Å². The first kappa shape index (κ1) is 15.4. The third-order valence-corrected chi connectivity index (χ3v) is 3.26. The van der Waals surface area contributed by atoms with Crippen molar-refractivity contribution in [2.24, 2.45) is 5.73 Å². The second kappa shape index (κ2) is 7.71. The molecular weight excluding hydrogens is 282 g/mol. The van der Waals surface area contributed by atoms with Crippen molar-refractivity contribution in [2.75, 3.05) is 20.2 Å². The molecule has 2 rings (SSSR count). The standard InChI is InChI=1S/C16H19N3OS/c1-19(12-13-6-4-5-9-18-13)10-11-20-15-8-3-2-7-14(15)16(17)21/h2-9H,10-12H2,1H3,(H2,17,21). The topological polar surface area (TPSA) is 51.4 Å². The molecule has 1 aromatic heterocycles. The van der Waals surface area contributed by atoms with E-state index in [0.717, 1.165) is 30.1 Å². The number of para-hydroxylation sites is 1. The molecule has 0 unspecified atom stereocenters. The van der Waals surface area contributed by atoms with Crippen molar-refractivity contribution in [3.63, 3.8) is 0 Å². The highest BCUT2D eigenvalue weighted by molar-refractivity contribution is 7.80. The minimum absolute atomic E-state index is 0.354. The molecule has 0 spiro atoms. The molecule has 21 heavy (non-hydrogen) atoms. The van der Waals surface area contributed by atoms with Gasteiger partial charge in [0.05, 0.1) is 11.3 Å². The summed E-state index contributed by atoms with van der Waals surface area (Å²) >= 11 is 5.02. The Labute approximate surface area is 130 Å². The zero-order valence-corrected chi connectivity index (χ0v) is 12.8. The Bertz CT molecular complexity index is 589. The number of hydrogen-bond donors (Lipinski definition) is 1. The number of pyridine rings is 1. The Morgan fingerprint density at radius 2 is 2.00 bits per heavy atom. The van der Waals surface area contributed by atoms with Crippen LogP contribution in [0.5, 0.6) is 5.75 Å².